The first-order valence-corrected chi connectivity index (χ1v) is 7.13. The molecule has 21 heavy (non-hydrogen) atoms. The highest BCUT2D eigenvalue weighted by Crippen LogP contribution is 2.22. The molecule has 0 atom stereocenters. The molecule has 0 saturated carbocycles. The predicted molar refractivity (Wildman–Crippen MR) is 86.6 cm³/mol. The minimum Gasteiger partial charge on any atom is -0.444 e. The summed E-state index contributed by atoms with van der Waals surface area (Å²) in [5.41, 5.74) is 1.55. The normalized spacial score (nSPS) is 12.0. The number of H-pyrrole nitrogens is 1. The van der Waals surface area contributed by atoms with Crippen LogP contribution in [0.4, 0.5) is 4.79 Å². The molecule has 0 bridgehead atoms. The van der Waals surface area contributed by atoms with Crippen LogP contribution in [0.25, 0.3) is 17.0 Å². The zero-order valence-corrected chi connectivity index (χ0v) is 13.1. The molecule has 0 saturated heterocycles. The minimum atomic E-state index is -0.482. The fraction of sp³-hybridized carbons (Fsp3) is 0.312. The Morgan fingerprint density at radius 3 is 2.90 bits per heavy atom. The first-order valence-electron chi connectivity index (χ1n) is 6.75. The van der Waals surface area contributed by atoms with Crippen LogP contribution in [0.15, 0.2) is 30.5 Å². The highest BCUT2D eigenvalue weighted by atomic mass is 35.5. The molecule has 1 heterocycles. The van der Waals surface area contributed by atoms with E-state index in [1.165, 1.54) is 0 Å². The van der Waals surface area contributed by atoms with E-state index >= 15 is 0 Å². The lowest BCUT2D eigenvalue weighted by molar-refractivity contribution is 0.0534. The predicted octanol–water partition coefficient (Wildman–Crippen LogP) is 4.36. The second-order valence-electron chi connectivity index (χ2n) is 5.72. The average molecular weight is 307 g/mol. The summed E-state index contributed by atoms with van der Waals surface area (Å²) in [6, 6.07) is 5.70. The maximum absolute atomic E-state index is 11.5. The van der Waals surface area contributed by atoms with E-state index in [1.807, 2.05) is 57.3 Å². The highest BCUT2D eigenvalue weighted by molar-refractivity contribution is 6.31. The van der Waals surface area contributed by atoms with E-state index in [0.29, 0.717) is 11.6 Å². The van der Waals surface area contributed by atoms with Crippen molar-refractivity contribution in [2.45, 2.75) is 26.4 Å². The maximum Gasteiger partial charge on any atom is 0.407 e. The van der Waals surface area contributed by atoms with Crippen LogP contribution in [0.3, 0.4) is 0 Å². The van der Waals surface area contributed by atoms with E-state index in [9.17, 15) is 4.79 Å². The third-order valence-corrected chi connectivity index (χ3v) is 2.97. The van der Waals surface area contributed by atoms with Crippen LogP contribution in [0.2, 0.25) is 5.02 Å². The third-order valence-electron chi connectivity index (χ3n) is 2.74. The molecule has 5 heteroatoms. The summed E-state index contributed by atoms with van der Waals surface area (Å²) in [7, 11) is 0. The number of fused-ring (bicyclic) bond motifs is 1. The van der Waals surface area contributed by atoms with Gasteiger partial charge in [0, 0.05) is 28.7 Å². The minimum absolute atomic E-state index is 0.412. The Hall–Kier alpha value is -1.94. The quantitative estimate of drug-likeness (QED) is 0.885. The van der Waals surface area contributed by atoms with E-state index < -0.39 is 11.7 Å². The van der Waals surface area contributed by atoms with E-state index in [1.54, 1.807) is 0 Å². The van der Waals surface area contributed by atoms with E-state index in [-0.39, 0.29) is 0 Å². The molecule has 2 rings (SSSR count). The van der Waals surface area contributed by atoms with Crippen molar-refractivity contribution in [2.24, 2.45) is 0 Å². The summed E-state index contributed by atoms with van der Waals surface area (Å²) in [5, 5.41) is 4.47. The van der Waals surface area contributed by atoms with Crippen LogP contribution < -0.4 is 5.32 Å². The molecular weight excluding hydrogens is 288 g/mol. The number of rotatable bonds is 3. The molecule has 1 aromatic heterocycles. The van der Waals surface area contributed by atoms with Gasteiger partial charge in [-0.25, -0.2) is 4.79 Å². The second kappa shape index (κ2) is 6.22. The molecule has 112 valence electrons. The number of carbonyl (C=O) groups excluding carboxylic acids is 1. The Morgan fingerprint density at radius 2 is 2.19 bits per heavy atom. The van der Waals surface area contributed by atoms with Gasteiger partial charge in [-0.1, -0.05) is 29.8 Å². The van der Waals surface area contributed by atoms with Crippen LogP contribution in [0.1, 0.15) is 26.3 Å². The molecule has 0 aliphatic carbocycles. The van der Waals surface area contributed by atoms with Crippen molar-refractivity contribution in [3.8, 4) is 0 Å². The number of hydrogen-bond donors (Lipinski definition) is 2. The van der Waals surface area contributed by atoms with Crippen molar-refractivity contribution >= 4 is 34.7 Å². The van der Waals surface area contributed by atoms with Gasteiger partial charge in [0.05, 0.1) is 0 Å². The molecule has 1 amide bonds. The summed E-state index contributed by atoms with van der Waals surface area (Å²) in [6.45, 7) is 5.91. The fourth-order valence-electron chi connectivity index (χ4n) is 1.90. The fourth-order valence-corrected chi connectivity index (χ4v) is 2.07. The molecule has 0 fully saturated rings. The molecular formula is C16H19ClN2O2. The lowest BCUT2D eigenvalue weighted by Gasteiger charge is -2.19. The molecule has 2 N–H and O–H groups in total. The van der Waals surface area contributed by atoms with Gasteiger partial charge in [-0.3, -0.25) is 0 Å². The SMILES string of the molecule is CC(C)(C)OC(=O)NCC=Cc1c[nH]c2cc(Cl)ccc12. The zero-order chi connectivity index (χ0) is 15.5. The van der Waals surface area contributed by atoms with Crippen molar-refractivity contribution in [2.75, 3.05) is 6.54 Å². The topological polar surface area (TPSA) is 54.1 Å². The van der Waals surface area contributed by atoms with Gasteiger partial charge in [0.2, 0.25) is 0 Å². The van der Waals surface area contributed by atoms with E-state index in [4.69, 9.17) is 16.3 Å². The van der Waals surface area contributed by atoms with Crippen molar-refractivity contribution in [3.05, 3.63) is 41.1 Å². The van der Waals surface area contributed by atoms with Crippen LogP contribution in [-0.2, 0) is 4.74 Å². The Kier molecular flexibility index (Phi) is 4.58. The van der Waals surface area contributed by atoms with Crippen molar-refractivity contribution in [3.63, 3.8) is 0 Å². The van der Waals surface area contributed by atoms with Crippen LogP contribution in [0.5, 0.6) is 0 Å². The largest absolute Gasteiger partial charge is 0.444 e. The molecule has 0 spiro atoms. The summed E-state index contributed by atoms with van der Waals surface area (Å²) in [4.78, 5) is 14.6. The van der Waals surface area contributed by atoms with Gasteiger partial charge >= 0.3 is 6.09 Å². The van der Waals surface area contributed by atoms with Crippen LogP contribution in [-0.4, -0.2) is 23.2 Å². The monoisotopic (exact) mass is 306 g/mol. The van der Waals surface area contributed by atoms with Gasteiger partial charge in [-0.05, 0) is 38.5 Å². The summed E-state index contributed by atoms with van der Waals surface area (Å²) in [5.74, 6) is 0. The van der Waals surface area contributed by atoms with Crippen LogP contribution >= 0.6 is 11.6 Å². The molecule has 2 aromatic rings. The molecule has 0 radical (unpaired) electrons. The van der Waals surface area contributed by atoms with Gasteiger partial charge in [0.15, 0.2) is 0 Å². The van der Waals surface area contributed by atoms with Gasteiger partial charge in [-0.15, -0.1) is 0 Å². The van der Waals surface area contributed by atoms with Crippen molar-refractivity contribution in [1.29, 1.82) is 0 Å². The van der Waals surface area contributed by atoms with Gasteiger partial charge < -0.3 is 15.0 Å². The van der Waals surface area contributed by atoms with E-state index in [2.05, 4.69) is 10.3 Å². The van der Waals surface area contributed by atoms with Crippen molar-refractivity contribution in [1.82, 2.24) is 10.3 Å². The number of benzene rings is 1. The van der Waals surface area contributed by atoms with Gasteiger partial charge in [-0.2, -0.15) is 0 Å². The number of carbonyl (C=O) groups is 1. The Bertz CT molecular complexity index is 668. The van der Waals surface area contributed by atoms with Crippen molar-refractivity contribution < 1.29 is 9.53 Å². The summed E-state index contributed by atoms with van der Waals surface area (Å²) >= 11 is 5.94. The number of alkyl carbamates (subject to hydrolysis) is 1. The zero-order valence-electron chi connectivity index (χ0n) is 12.4. The number of halogens is 1. The third kappa shape index (κ3) is 4.53. The number of ether oxygens (including phenoxy) is 1. The number of hydrogen-bond acceptors (Lipinski definition) is 2. The molecule has 0 aliphatic heterocycles. The number of aromatic nitrogens is 1. The number of nitrogens with one attached hydrogen (secondary N) is 2. The standard InChI is InChI=1S/C16H19ClN2O2/c1-16(2,3)21-15(20)18-8-4-5-11-10-19-14-9-12(17)6-7-13(11)14/h4-7,9-10,19H,8H2,1-3H3,(H,18,20). The van der Waals surface area contributed by atoms with Gasteiger partial charge in [0.25, 0.3) is 0 Å². The Labute approximate surface area is 129 Å². The first kappa shape index (κ1) is 15.4. The summed E-state index contributed by atoms with van der Waals surface area (Å²) in [6.07, 6.45) is 5.31. The lowest BCUT2D eigenvalue weighted by Crippen LogP contribution is -2.32. The van der Waals surface area contributed by atoms with Crippen LogP contribution in [0, 0.1) is 0 Å². The number of amides is 1. The smallest absolute Gasteiger partial charge is 0.407 e. The summed E-state index contributed by atoms with van der Waals surface area (Å²) < 4.78 is 5.15. The molecule has 0 aliphatic rings. The lowest BCUT2D eigenvalue weighted by atomic mass is 10.1. The maximum atomic E-state index is 11.5. The molecule has 4 nitrogen and oxygen atoms in total. The Balaban J connectivity index is 1.93. The second-order valence-corrected chi connectivity index (χ2v) is 6.16. The molecule has 1 aromatic carbocycles. The van der Waals surface area contributed by atoms with Gasteiger partial charge in [0.1, 0.15) is 5.60 Å². The van der Waals surface area contributed by atoms with E-state index in [0.717, 1.165) is 16.5 Å². The first-order chi connectivity index (χ1) is 9.85. The number of aromatic amines is 1. The molecule has 0 unspecified atom stereocenters. The highest BCUT2D eigenvalue weighted by Gasteiger charge is 2.14. The average Bonchev–Trinajstić information content (AvgIpc) is 2.75. The Morgan fingerprint density at radius 1 is 1.43 bits per heavy atom.